The first-order chi connectivity index (χ1) is 11.1. The molecule has 1 N–H and O–H groups in total. The van der Waals surface area contributed by atoms with E-state index in [4.69, 9.17) is 0 Å². The predicted octanol–water partition coefficient (Wildman–Crippen LogP) is 3.43. The fourth-order valence-electron chi connectivity index (χ4n) is 2.59. The van der Waals surface area contributed by atoms with Gasteiger partial charge in [-0.25, -0.2) is 4.98 Å². The molecular formula is C17H18BrN3OS. The third-order valence-electron chi connectivity index (χ3n) is 3.93. The van der Waals surface area contributed by atoms with Gasteiger partial charge in [0.15, 0.2) is 0 Å². The molecule has 0 spiro atoms. The number of halogens is 1. The highest BCUT2D eigenvalue weighted by Crippen LogP contribution is 2.30. The second kappa shape index (κ2) is 7.47. The van der Waals surface area contributed by atoms with E-state index in [-0.39, 0.29) is 11.9 Å². The molecule has 6 heteroatoms. The number of benzene rings is 1. The van der Waals surface area contributed by atoms with Gasteiger partial charge in [-0.2, -0.15) is 0 Å². The normalized spacial score (nSPS) is 17.2. The topological polar surface area (TPSA) is 45.2 Å². The van der Waals surface area contributed by atoms with Crippen LogP contribution in [0, 0.1) is 0 Å². The molecule has 1 fully saturated rings. The molecule has 1 amide bonds. The molecule has 1 saturated heterocycles. The predicted molar refractivity (Wildman–Crippen MR) is 95.9 cm³/mol. The monoisotopic (exact) mass is 391 g/mol. The van der Waals surface area contributed by atoms with Crippen molar-refractivity contribution in [1.82, 2.24) is 15.2 Å². The van der Waals surface area contributed by atoms with Crippen molar-refractivity contribution in [2.24, 2.45) is 0 Å². The molecule has 0 bridgehead atoms. The highest BCUT2D eigenvalue weighted by atomic mass is 79.9. The zero-order valence-corrected chi connectivity index (χ0v) is 15.2. The molecule has 0 saturated carbocycles. The van der Waals surface area contributed by atoms with Crippen LogP contribution in [0.4, 0.5) is 0 Å². The molecule has 120 valence electrons. The summed E-state index contributed by atoms with van der Waals surface area (Å²) in [5.41, 5.74) is 0.733. The van der Waals surface area contributed by atoms with Gasteiger partial charge in [0, 0.05) is 35.2 Å². The second-order valence-corrected chi connectivity index (χ2v) is 7.45. The maximum Gasteiger partial charge on any atom is 0.255 e. The number of hydrogen-bond donors (Lipinski definition) is 1. The van der Waals surface area contributed by atoms with Crippen LogP contribution in [0.25, 0.3) is 0 Å². The van der Waals surface area contributed by atoms with Crippen molar-refractivity contribution in [2.75, 3.05) is 20.1 Å². The molecule has 1 aromatic heterocycles. The summed E-state index contributed by atoms with van der Waals surface area (Å²) in [7, 11) is 1.89. The third kappa shape index (κ3) is 3.94. The van der Waals surface area contributed by atoms with Gasteiger partial charge in [-0.15, -0.1) is 0 Å². The molecule has 23 heavy (non-hydrogen) atoms. The van der Waals surface area contributed by atoms with Crippen molar-refractivity contribution < 1.29 is 4.79 Å². The summed E-state index contributed by atoms with van der Waals surface area (Å²) >= 11 is 4.90. The molecule has 4 nitrogen and oxygen atoms in total. The van der Waals surface area contributed by atoms with Gasteiger partial charge < -0.3 is 10.2 Å². The van der Waals surface area contributed by atoms with Crippen molar-refractivity contribution in [3.8, 4) is 0 Å². The number of carbonyl (C=O) groups excluding carboxylic acids is 1. The van der Waals surface area contributed by atoms with Crippen LogP contribution in [0.5, 0.6) is 0 Å². The maximum atomic E-state index is 12.9. The van der Waals surface area contributed by atoms with E-state index in [2.05, 4.69) is 26.2 Å². The zero-order valence-electron chi connectivity index (χ0n) is 12.8. The zero-order chi connectivity index (χ0) is 16.2. The van der Waals surface area contributed by atoms with Crippen molar-refractivity contribution in [3.05, 3.63) is 52.6 Å². The first kappa shape index (κ1) is 16.5. The largest absolute Gasteiger partial charge is 0.337 e. The molecule has 1 aliphatic heterocycles. The molecule has 1 unspecified atom stereocenters. The van der Waals surface area contributed by atoms with E-state index in [1.165, 1.54) is 11.8 Å². The van der Waals surface area contributed by atoms with E-state index in [0.29, 0.717) is 0 Å². The van der Waals surface area contributed by atoms with Gasteiger partial charge >= 0.3 is 0 Å². The molecule has 0 aliphatic carbocycles. The molecule has 2 heterocycles. The summed E-state index contributed by atoms with van der Waals surface area (Å²) < 4.78 is 0.944. The lowest BCUT2D eigenvalue weighted by Gasteiger charge is -2.24. The number of nitrogens with zero attached hydrogens (tertiary/aromatic N) is 2. The average Bonchev–Trinajstić information content (AvgIpc) is 3.11. The smallest absolute Gasteiger partial charge is 0.255 e. The number of aromatic nitrogens is 1. The van der Waals surface area contributed by atoms with Gasteiger partial charge in [-0.05, 0) is 53.2 Å². The van der Waals surface area contributed by atoms with Crippen LogP contribution in [0.2, 0.25) is 0 Å². The van der Waals surface area contributed by atoms with Gasteiger partial charge in [0.2, 0.25) is 0 Å². The Bertz CT molecular complexity index is 686. The lowest BCUT2D eigenvalue weighted by atomic mass is 10.1. The Morgan fingerprint density at radius 2 is 2.17 bits per heavy atom. The van der Waals surface area contributed by atoms with E-state index in [1.807, 2.05) is 48.3 Å². The Balaban J connectivity index is 1.82. The number of pyridine rings is 1. The molecule has 0 radical (unpaired) electrons. The first-order valence-electron chi connectivity index (χ1n) is 7.51. The highest BCUT2D eigenvalue weighted by Gasteiger charge is 2.25. The van der Waals surface area contributed by atoms with Crippen LogP contribution < -0.4 is 5.32 Å². The molecule has 1 atom stereocenters. The van der Waals surface area contributed by atoms with Crippen LogP contribution in [-0.2, 0) is 0 Å². The number of amides is 1. The summed E-state index contributed by atoms with van der Waals surface area (Å²) in [6, 6.07) is 11.9. The van der Waals surface area contributed by atoms with Crippen LogP contribution in [0.15, 0.2) is 57.0 Å². The van der Waals surface area contributed by atoms with Crippen molar-refractivity contribution in [1.29, 1.82) is 0 Å². The third-order valence-corrected chi connectivity index (χ3v) is 5.43. The Labute approximate surface area is 148 Å². The minimum Gasteiger partial charge on any atom is -0.337 e. The van der Waals surface area contributed by atoms with Crippen LogP contribution >= 0.6 is 27.7 Å². The molecule has 2 aromatic rings. The number of rotatable bonds is 4. The second-order valence-electron chi connectivity index (χ2n) is 5.48. The standard InChI is InChI=1S/C17H18BrN3OS/c1-21(13-8-9-19-11-13)17(22)14-4-2-3-5-15(14)23-16-7-6-12(18)10-20-16/h2-7,10,13,19H,8-9,11H2,1H3. The number of nitrogens with one attached hydrogen (secondary N) is 1. The summed E-state index contributed by atoms with van der Waals surface area (Å²) in [5.74, 6) is 0.0684. The minimum atomic E-state index is 0.0684. The number of hydrogen-bond acceptors (Lipinski definition) is 4. The first-order valence-corrected chi connectivity index (χ1v) is 9.12. The highest BCUT2D eigenvalue weighted by molar-refractivity contribution is 9.10. The fourth-order valence-corrected chi connectivity index (χ4v) is 3.71. The summed E-state index contributed by atoms with van der Waals surface area (Å²) in [6.45, 7) is 1.84. The van der Waals surface area contributed by atoms with E-state index < -0.39 is 0 Å². The van der Waals surface area contributed by atoms with Crippen LogP contribution in [0.1, 0.15) is 16.8 Å². The Hall–Kier alpha value is -1.37. The Morgan fingerprint density at radius 3 is 2.87 bits per heavy atom. The minimum absolute atomic E-state index is 0.0684. The van der Waals surface area contributed by atoms with E-state index >= 15 is 0 Å². The molecule has 1 aromatic carbocycles. The van der Waals surface area contributed by atoms with Gasteiger partial charge in [-0.3, -0.25) is 4.79 Å². The number of carbonyl (C=O) groups is 1. The molecular weight excluding hydrogens is 374 g/mol. The maximum absolute atomic E-state index is 12.9. The lowest BCUT2D eigenvalue weighted by molar-refractivity contribution is 0.0740. The molecule has 1 aliphatic rings. The van der Waals surface area contributed by atoms with Crippen LogP contribution in [0.3, 0.4) is 0 Å². The van der Waals surface area contributed by atoms with Gasteiger partial charge in [0.1, 0.15) is 5.03 Å². The fraction of sp³-hybridized carbons (Fsp3) is 0.294. The quantitative estimate of drug-likeness (QED) is 0.866. The summed E-state index contributed by atoms with van der Waals surface area (Å²) in [6.07, 6.45) is 2.77. The van der Waals surface area contributed by atoms with Gasteiger partial charge in [0.25, 0.3) is 5.91 Å². The SMILES string of the molecule is CN(C(=O)c1ccccc1Sc1ccc(Br)cn1)C1CCNC1. The van der Waals surface area contributed by atoms with E-state index in [9.17, 15) is 4.79 Å². The van der Waals surface area contributed by atoms with Crippen molar-refractivity contribution in [2.45, 2.75) is 22.4 Å². The van der Waals surface area contributed by atoms with Gasteiger partial charge in [0.05, 0.1) is 5.56 Å². The Kier molecular flexibility index (Phi) is 5.35. The van der Waals surface area contributed by atoms with Crippen molar-refractivity contribution >= 4 is 33.6 Å². The summed E-state index contributed by atoms with van der Waals surface area (Å²) in [5, 5.41) is 4.18. The van der Waals surface area contributed by atoms with E-state index in [1.54, 1.807) is 6.20 Å². The average molecular weight is 392 g/mol. The molecule has 3 rings (SSSR count). The van der Waals surface area contributed by atoms with Gasteiger partial charge in [-0.1, -0.05) is 23.9 Å². The summed E-state index contributed by atoms with van der Waals surface area (Å²) in [4.78, 5) is 20.0. The van der Waals surface area contributed by atoms with Crippen LogP contribution in [-0.4, -0.2) is 42.0 Å². The lowest BCUT2D eigenvalue weighted by Crippen LogP contribution is -2.38. The van der Waals surface area contributed by atoms with Crippen molar-refractivity contribution in [3.63, 3.8) is 0 Å². The number of likely N-dealkylation sites (N-methyl/N-ethyl adjacent to an activating group) is 1. The van der Waals surface area contributed by atoms with E-state index in [0.717, 1.165) is 39.5 Å². The Morgan fingerprint density at radius 1 is 1.35 bits per heavy atom.